The molecule has 290 valence electrons. The number of hydrogen-bond acceptors (Lipinski definition) is 6. The molecule has 4 aromatic rings. The van der Waals surface area contributed by atoms with E-state index in [2.05, 4.69) is 112 Å². The van der Waals surface area contributed by atoms with E-state index in [0.717, 1.165) is 75.7 Å². The Balaban J connectivity index is 1.15. The monoisotopic (exact) mass is 742 g/mol. The molecule has 0 aliphatic heterocycles. The quantitative estimate of drug-likeness (QED) is 0.0454. The van der Waals surface area contributed by atoms with Crippen LogP contribution in [0.1, 0.15) is 103 Å². The van der Waals surface area contributed by atoms with E-state index < -0.39 is 0 Å². The van der Waals surface area contributed by atoms with Crippen molar-refractivity contribution in [3.05, 3.63) is 120 Å². The first-order valence-corrected chi connectivity index (χ1v) is 20.1. The van der Waals surface area contributed by atoms with Crippen LogP contribution in [0.3, 0.4) is 0 Å². The van der Waals surface area contributed by atoms with Crippen LogP contribution in [0.5, 0.6) is 11.5 Å². The summed E-state index contributed by atoms with van der Waals surface area (Å²) in [5.74, 6) is 1.13. The molecular weight excluding hydrogens is 685 g/mol. The van der Waals surface area contributed by atoms with E-state index in [1.807, 2.05) is 0 Å². The lowest BCUT2D eigenvalue weighted by atomic mass is 9.73. The van der Waals surface area contributed by atoms with Gasteiger partial charge < -0.3 is 18.9 Å². The summed E-state index contributed by atoms with van der Waals surface area (Å²) < 4.78 is 22.4. The van der Waals surface area contributed by atoms with Crippen molar-refractivity contribution >= 4 is 11.9 Å². The molecule has 0 amide bonds. The molecule has 6 nitrogen and oxygen atoms in total. The largest absolute Gasteiger partial charge is 0.494 e. The van der Waals surface area contributed by atoms with Crippen LogP contribution in [0.2, 0.25) is 0 Å². The molecular formula is C49H58O6. The van der Waals surface area contributed by atoms with E-state index in [1.165, 1.54) is 44.5 Å². The maximum atomic E-state index is 11.5. The molecule has 6 heteroatoms. The van der Waals surface area contributed by atoms with Gasteiger partial charge in [-0.05, 0) is 159 Å². The van der Waals surface area contributed by atoms with Crippen LogP contribution in [0.4, 0.5) is 0 Å². The van der Waals surface area contributed by atoms with Crippen molar-refractivity contribution in [1.82, 2.24) is 0 Å². The Hall–Kier alpha value is -5.10. The fraction of sp³-hybridized carbons (Fsp3) is 0.388. The predicted molar refractivity (Wildman–Crippen MR) is 224 cm³/mol. The van der Waals surface area contributed by atoms with E-state index in [-0.39, 0.29) is 17.4 Å². The molecule has 0 heterocycles. The van der Waals surface area contributed by atoms with Gasteiger partial charge in [0.1, 0.15) is 11.5 Å². The first-order chi connectivity index (χ1) is 26.7. The number of carbonyl (C=O) groups is 2. The first kappa shape index (κ1) is 41.1. The minimum absolute atomic E-state index is 0.0543. The Bertz CT molecular complexity index is 1780. The number of carbonyl (C=O) groups excluding carboxylic acids is 2. The second-order valence-corrected chi connectivity index (χ2v) is 14.7. The van der Waals surface area contributed by atoms with Gasteiger partial charge in [0.25, 0.3) is 0 Å². The highest BCUT2D eigenvalue weighted by molar-refractivity contribution is 5.88. The highest BCUT2D eigenvalue weighted by atomic mass is 16.5. The number of fused-ring (bicyclic) bond motifs is 3. The zero-order valence-electron chi connectivity index (χ0n) is 33.3. The maximum absolute atomic E-state index is 11.5. The van der Waals surface area contributed by atoms with Crippen molar-refractivity contribution in [2.24, 2.45) is 0 Å². The van der Waals surface area contributed by atoms with E-state index in [1.54, 1.807) is 13.8 Å². The zero-order chi connectivity index (χ0) is 39.2. The topological polar surface area (TPSA) is 71.1 Å². The molecule has 5 rings (SSSR count). The summed E-state index contributed by atoms with van der Waals surface area (Å²) in [6.45, 7) is 17.4. The molecule has 0 N–H and O–H groups in total. The van der Waals surface area contributed by atoms with Crippen LogP contribution >= 0.6 is 0 Å². The summed E-state index contributed by atoms with van der Waals surface area (Å²) in [7, 11) is 0. The van der Waals surface area contributed by atoms with Gasteiger partial charge in [-0.15, -0.1) is 0 Å². The Morgan fingerprint density at radius 1 is 0.491 bits per heavy atom. The van der Waals surface area contributed by atoms with Gasteiger partial charge in [-0.3, -0.25) is 0 Å². The summed E-state index contributed by atoms with van der Waals surface area (Å²) in [6.07, 6.45) is 9.72. The van der Waals surface area contributed by atoms with Gasteiger partial charge in [-0.2, -0.15) is 0 Å². The molecule has 0 unspecified atom stereocenters. The minimum Gasteiger partial charge on any atom is -0.494 e. The highest BCUT2D eigenvalue weighted by Crippen LogP contribution is 2.54. The molecule has 0 saturated carbocycles. The van der Waals surface area contributed by atoms with Gasteiger partial charge in [0, 0.05) is 16.6 Å². The van der Waals surface area contributed by atoms with Crippen molar-refractivity contribution in [2.75, 3.05) is 26.4 Å². The molecule has 0 bridgehead atoms. The molecule has 0 radical (unpaired) electrons. The predicted octanol–water partition coefficient (Wildman–Crippen LogP) is 12.2. The third-order valence-electron chi connectivity index (χ3n) is 10.7. The molecule has 0 fully saturated rings. The SMILES string of the molecule is C=C(C)C(=O)OCCCCCCOc1ccc(-c2ccc3c(c2)C(CC)(CC)c2cc(-c4ccc(OCCCCCCOC(=O)C(=C)C)cc4)ccc2-3)cc1. The number of hydrogen-bond donors (Lipinski definition) is 0. The van der Waals surface area contributed by atoms with Gasteiger partial charge in [0.05, 0.1) is 26.4 Å². The maximum Gasteiger partial charge on any atom is 0.333 e. The Labute approximate surface area is 328 Å². The first-order valence-electron chi connectivity index (χ1n) is 20.1. The number of unbranched alkanes of at least 4 members (excludes halogenated alkanes) is 6. The van der Waals surface area contributed by atoms with E-state index in [0.29, 0.717) is 37.6 Å². The Kier molecular flexibility index (Phi) is 14.9. The standard InChI is InChI=1S/C49H58O6/c1-7-49(8-2)45-33-39(37-17-23-41(24-18-37)52-29-13-9-11-15-31-54-47(50)35(3)4)21-27-43(45)44-28-22-40(34-46(44)49)38-19-25-42(26-20-38)53-30-14-10-12-16-32-55-48(51)36(5)6/h17-28,33-34H,3,5,7-16,29-32H2,1-2,4,6H3. The number of rotatable bonds is 22. The van der Waals surface area contributed by atoms with E-state index >= 15 is 0 Å². The average molecular weight is 743 g/mol. The molecule has 0 aromatic heterocycles. The molecule has 55 heavy (non-hydrogen) atoms. The van der Waals surface area contributed by atoms with Gasteiger partial charge in [0.15, 0.2) is 0 Å². The van der Waals surface area contributed by atoms with Crippen LogP contribution < -0.4 is 9.47 Å². The lowest BCUT2D eigenvalue weighted by molar-refractivity contribution is -0.139. The van der Waals surface area contributed by atoms with Crippen molar-refractivity contribution in [3.63, 3.8) is 0 Å². The highest BCUT2D eigenvalue weighted by Gasteiger charge is 2.40. The summed E-state index contributed by atoms with van der Waals surface area (Å²) >= 11 is 0. The smallest absolute Gasteiger partial charge is 0.333 e. The lowest BCUT2D eigenvalue weighted by Gasteiger charge is -2.30. The lowest BCUT2D eigenvalue weighted by Crippen LogP contribution is -2.23. The number of benzene rings is 4. The molecule has 0 spiro atoms. The van der Waals surface area contributed by atoms with Crippen LogP contribution in [-0.4, -0.2) is 38.4 Å². The van der Waals surface area contributed by atoms with Crippen LogP contribution in [-0.2, 0) is 24.5 Å². The molecule has 1 aliphatic rings. The van der Waals surface area contributed by atoms with Crippen LogP contribution in [0.25, 0.3) is 33.4 Å². The minimum atomic E-state index is -0.315. The normalized spacial score (nSPS) is 12.4. The van der Waals surface area contributed by atoms with Crippen molar-refractivity contribution < 1.29 is 28.5 Å². The molecule has 0 saturated heterocycles. The Morgan fingerprint density at radius 2 is 0.836 bits per heavy atom. The van der Waals surface area contributed by atoms with Crippen LogP contribution in [0.15, 0.2) is 109 Å². The van der Waals surface area contributed by atoms with Crippen molar-refractivity contribution in [2.45, 2.75) is 97.3 Å². The van der Waals surface area contributed by atoms with E-state index in [4.69, 9.17) is 18.9 Å². The summed E-state index contributed by atoms with van der Waals surface area (Å²) in [6, 6.07) is 30.9. The fourth-order valence-corrected chi connectivity index (χ4v) is 7.42. The van der Waals surface area contributed by atoms with Gasteiger partial charge in [-0.25, -0.2) is 9.59 Å². The van der Waals surface area contributed by atoms with Gasteiger partial charge in [0.2, 0.25) is 0 Å². The fourth-order valence-electron chi connectivity index (χ4n) is 7.42. The Morgan fingerprint density at radius 3 is 1.18 bits per heavy atom. The summed E-state index contributed by atoms with van der Waals surface area (Å²) in [4.78, 5) is 23.0. The number of ether oxygens (including phenoxy) is 4. The molecule has 4 aromatic carbocycles. The third-order valence-corrected chi connectivity index (χ3v) is 10.7. The van der Waals surface area contributed by atoms with Gasteiger partial charge >= 0.3 is 11.9 Å². The van der Waals surface area contributed by atoms with Crippen molar-refractivity contribution in [3.8, 4) is 44.9 Å². The number of esters is 2. The average Bonchev–Trinajstić information content (AvgIpc) is 3.48. The van der Waals surface area contributed by atoms with E-state index in [9.17, 15) is 9.59 Å². The third kappa shape index (κ3) is 10.6. The molecule has 1 aliphatic carbocycles. The van der Waals surface area contributed by atoms with Crippen LogP contribution in [0, 0.1) is 0 Å². The second-order valence-electron chi connectivity index (χ2n) is 14.7. The molecule has 0 atom stereocenters. The van der Waals surface area contributed by atoms with Gasteiger partial charge in [-0.1, -0.05) is 75.5 Å². The zero-order valence-corrected chi connectivity index (χ0v) is 33.3. The summed E-state index contributed by atoms with van der Waals surface area (Å²) in [5.41, 5.74) is 11.1. The van der Waals surface area contributed by atoms with Crippen molar-refractivity contribution in [1.29, 1.82) is 0 Å². The second kappa shape index (κ2) is 20.0. The summed E-state index contributed by atoms with van der Waals surface area (Å²) in [5, 5.41) is 0.